The summed E-state index contributed by atoms with van der Waals surface area (Å²) in [6, 6.07) is 7.39. The lowest BCUT2D eigenvalue weighted by atomic mass is 10.2. The summed E-state index contributed by atoms with van der Waals surface area (Å²) in [6.45, 7) is 6.19. The Labute approximate surface area is 119 Å². The highest BCUT2D eigenvalue weighted by atomic mass is 16.4. The second-order valence-electron chi connectivity index (χ2n) is 5.03. The molecule has 20 heavy (non-hydrogen) atoms. The smallest absolute Gasteiger partial charge is 0.322 e. The number of carbonyl (C=O) groups excluding carboxylic acids is 1. The van der Waals surface area contributed by atoms with Gasteiger partial charge in [-0.1, -0.05) is 18.2 Å². The van der Waals surface area contributed by atoms with Gasteiger partial charge in [-0.3, -0.25) is 4.79 Å². The van der Waals surface area contributed by atoms with E-state index < -0.39 is 5.97 Å². The van der Waals surface area contributed by atoms with Crippen LogP contribution >= 0.6 is 0 Å². The zero-order valence-electron chi connectivity index (χ0n) is 12.2. The second-order valence-corrected chi connectivity index (χ2v) is 5.03. The first-order valence-corrected chi connectivity index (χ1v) is 6.77. The molecule has 5 heteroatoms. The zero-order valence-corrected chi connectivity index (χ0v) is 12.2. The molecule has 110 valence electrons. The number of carboxylic acid groups (broad SMARTS) is 1. The first kappa shape index (κ1) is 16.0. The average Bonchev–Trinajstić information content (AvgIpc) is 2.36. The predicted molar refractivity (Wildman–Crippen MR) is 78.9 cm³/mol. The summed E-state index contributed by atoms with van der Waals surface area (Å²) in [5, 5.41) is 11.5. The van der Waals surface area contributed by atoms with Crippen molar-refractivity contribution in [3.8, 4) is 0 Å². The first-order valence-electron chi connectivity index (χ1n) is 6.77. The van der Waals surface area contributed by atoms with Crippen LogP contribution in [0, 0.1) is 6.92 Å². The maximum atomic E-state index is 12.2. The third-order valence-corrected chi connectivity index (χ3v) is 3.06. The molecule has 0 spiro atoms. The minimum atomic E-state index is -0.840. The third kappa shape index (κ3) is 4.91. The minimum absolute atomic E-state index is 0.0211. The number of carboxylic acids is 1. The van der Waals surface area contributed by atoms with Crippen LogP contribution in [0.4, 0.5) is 10.5 Å². The van der Waals surface area contributed by atoms with Crippen molar-refractivity contribution in [2.75, 3.05) is 11.9 Å². The number of nitrogens with zero attached hydrogens (tertiary/aromatic N) is 1. The minimum Gasteiger partial charge on any atom is -0.481 e. The number of hydrogen-bond acceptors (Lipinski definition) is 2. The molecule has 0 aromatic heterocycles. The lowest BCUT2D eigenvalue weighted by Crippen LogP contribution is -2.40. The molecule has 0 bridgehead atoms. The normalized spacial score (nSPS) is 10.4. The van der Waals surface area contributed by atoms with Gasteiger partial charge in [0.25, 0.3) is 0 Å². The number of amides is 2. The lowest BCUT2D eigenvalue weighted by molar-refractivity contribution is -0.137. The summed E-state index contributed by atoms with van der Waals surface area (Å²) in [7, 11) is 0. The Bertz CT molecular complexity index is 472. The van der Waals surface area contributed by atoms with Crippen LogP contribution in [0.3, 0.4) is 0 Å². The van der Waals surface area contributed by atoms with Gasteiger partial charge >= 0.3 is 12.0 Å². The predicted octanol–water partition coefficient (Wildman–Crippen LogP) is 3.10. The number of benzene rings is 1. The number of rotatable bonds is 6. The van der Waals surface area contributed by atoms with Gasteiger partial charge in [0.15, 0.2) is 0 Å². The molecule has 0 heterocycles. The van der Waals surface area contributed by atoms with Crippen LogP contribution in [0.25, 0.3) is 0 Å². The van der Waals surface area contributed by atoms with E-state index in [0.717, 1.165) is 11.3 Å². The second kappa shape index (κ2) is 7.53. The zero-order chi connectivity index (χ0) is 15.1. The fourth-order valence-electron chi connectivity index (χ4n) is 1.90. The molecular formula is C15H22N2O3. The fraction of sp³-hybridized carbons (Fsp3) is 0.467. The molecule has 1 rings (SSSR count). The summed E-state index contributed by atoms with van der Waals surface area (Å²) < 4.78 is 0. The van der Waals surface area contributed by atoms with Crippen LogP contribution in [-0.4, -0.2) is 34.6 Å². The Balaban J connectivity index is 2.65. The van der Waals surface area contributed by atoms with Crippen LogP contribution < -0.4 is 5.32 Å². The summed E-state index contributed by atoms with van der Waals surface area (Å²) in [5.74, 6) is -0.840. The monoisotopic (exact) mass is 278 g/mol. The number of aliphatic carboxylic acids is 1. The molecule has 2 amide bonds. The molecule has 0 aliphatic rings. The van der Waals surface area contributed by atoms with Gasteiger partial charge in [-0.15, -0.1) is 0 Å². The van der Waals surface area contributed by atoms with Gasteiger partial charge in [0.05, 0.1) is 0 Å². The summed E-state index contributed by atoms with van der Waals surface area (Å²) >= 11 is 0. The third-order valence-electron chi connectivity index (χ3n) is 3.06. The van der Waals surface area contributed by atoms with Crippen molar-refractivity contribution in [3.05, 3.63) is 29.8 Å². The van der Waals surface area contributed by atoms with Crippen LogP contribution in [-0.2, 0) is 4.79 Å². The maximum absolute atomic E-state index is 12.2. The van der Waals surface area contributed by atoms with Gasteiger partial charge in [0.1, 0.15) is 0 Å². The Morgan fingerprint density at radius 1 is 1.30 bits per heavy atom. The molecule has 0 saturated carbocycles. The number of carbonyl (C=O) groups is 2. The van der Waals surface area contributed by atoms with Gasteiger partial charge in [0.2, 0.25) is 0 Å². The van der Waals surface area contributed by atoms with Crippen molar-refractivity contribution in [2.24, 2.45) is 0 Å². The summed E-state index contributed by atoms with van der Waals surface area (Å²) in [6.07, 6.45) is 0.523. The van der Waals surface area contributed by atoms with Gasteiger partial charge < -0.3 is 15.3 Å². The lowest BCUT2D eigenvalue weighted by Gasteiger charge is -2.27. The first-order chi connectivity index (χ1) is 9.41. The van der Waals surface area contributed by atoms with Crippen molar-refractivity contribution in [2.45, 2.75) is 39.7 Å². The molecule has 0 aliphatic heterocycles. The van der Waals surface area contributed by atoms with E-state index in [1.54, 1.807) is 4.90 Å². The van der Waals surface area contributed by atoms with Gasteiger partial charge in [-0.05, 0) is 38.8 Å². The molecule has 0 radical (unpaired) electrons. The molecule has 0 unspecified atom stereocenters. The van der Waals surface area contributed by atoms with E-state index in [9.17, 15) is 9.59 Å². The molecule has 0 aliphatic carbocycles. The van der Waals surface area contributed by atoms with E-state index in [1.165, 1.54) is 0 Å². The summed E-state index contributed by atoms with van der Waals surface area (Å²) in [5.41, 5.74) is 1.77. The van der Waals surface area contributed by atoms with Crippen LogP contribution in [0.2, 0.25) is 0 Å². The van der Waals surface area contributed by atoms with Crippen LogP contribution in [0.5, 0.6) is 0 Å². The van der Waals surface area contributed by atoms with Gasteiger partial charge in [-0.2, -0.15) is 0 Å². The number of hydrogen-bond donors (Lipinski definition) is 2. The number of anilines is 1. The van der Waals surface area contributed by atoms with Crippen molar-refractivity contribution >= 4 is 17.7 Å². The Kier molecular flexibility index (Phi) is 6.03. The average molecular weight is 278 g/mol. The number of para-hydroxylation sites is 1. The Morgan fingerprint density at radius 2 is 1.95 bits per heavy atom. The fourth-order valence-corrected chi connectivity index (χ4v) is 1.90. The molecular weight excluding hydrogens is 256 g/mol. The largest absolute Gasteiger partial charge is 0.481 e. The Hall–Kier alpha value is -2.04. The quantitative estimate of drug-likeness (QED) is 0.840. The van der Waals surface area contributed by atoms with Crippen molar-refractivity contribution in [1.82, 2.24) is 4.90 Å². The summed E-state index contributed by atoms with van der Waals surface area (Å²) in [4.78, 5) is 24.4. The highest BCUT2D eigenvalue weighted by Crippen LogP contribution is 2.15. The standard InChI is InChI=1S/C15H22N2O3/c1-11(2)17(10-6-9-14(18)19)15(20)16-13-8-5-4-7-12(13)3/h4-5,7-8,11H,6,9-10H2,1-3H3,(H,16,20)(H,18,19). The number of urea groups is 1. The molecule has 1 aromatic carbocycles. The van der Waals surface area contributed by atoms with E-state index in [1.807, 2.05) is 45.0 Å². The highest BCUT2D eigenvalue weighted by Gasteiger charge is 2.17. The highest BCUT2D eigenvalue weighted by molar-refractivity contribution is 5.90. The molecule has 0 atom stereocenters. The molecule has 2 N–H and O–H groups in total. The van der Waals surface area contributed by atoms with Crippen molar-refractivity contribution < 1.29 is 14.7 Å². The van der Waals surface area contributed by atoms with Gasteiger partial charge in [0, 0.05) is 24.7 Å². The molecule has 0 fully saturated rings. The van der Waals surface area contributed by atoms with E-state index in [2.05, 4.69) is 5.32 Å². The topological polar surface area (TPSA) is 69.6 Å². The SMILES string of the molecule is Cc1ccccc1NC(=O)N(CCCC(=O)O)C(C)C. The number of nitrogens with one attached hydrogen (secondary N) is 1. The molecule has 0 saturated heterocycles. The van der Waals surface area contributed by atoms with E-state index in [0.29, 0.717) is 13.0 Å². The van der Waals surface area contributed by atoms with Gasteiger partial charge in [-0.25, -0.2) is 4.79 Å². The van der Waals surface area contributed by atoms with Crippen molar-refractivity contribution in [3.63, 3.8) is 0 Å². The number of aryl methyl sites for hydroxylation is 1. The van der Waals surface area contributed by atoms with E-state index in [4.69, 9.17) is 5.11 Å². The van der Waals surface area contributed by atoms with E-state index >= 15 is 0 Å². The van der Waals surface area contributed by atoms with E-state index in [-0.39, 0.29) is 18.5 Å². The van der Waals surface area contributed by atoms with Crippen LogP contribution in [0.1, 0.15) is 32.3 Å². The van der Waals surface area contributed by atoms with Crippen LogP contribution in [0.15, 0.2) is 24.3 Å². The van der Waals surface area contributed by atoms with Crippen molar-refractivity contribution in [1.29, 1.82) is 0 Å². The molecule has 5 nitrogen and oxygen atoms in total. The maximum Gasteiger partial charge on any atom is 0.322 e. The molecule has 1 aromatic rings. The Morgan fingerprint density at radius 3 is 2.50 bits per heavy atom.